The smallest absolute Gasteiger partial charge is 0.251 e. The molecule has 13 nitrogen and oxygen atoms in total. The molecule has 364 valence electrons. The molecule has 15 heteroatoms. The molecule has 2 aliphatic rings. The van der Waals surface area contributed by atoms with E-state index in [0.29, 0.717) is 28.5 Å². The molecule has 0 spiro atoms. The zero-order chi connectivity index (χ0) is 49.6. The Kier molecular flexibility index (Phi) is 16.8. The number of carbonyl (C=O) groups excluding carboxylic acids is 4. The molecule has 1 aromatic heterocycles. The molecule has 1 saturated carbocycles. The first-order chi connectivity index (χ1) is 32.1. The minimum absolute atomic E-state index is 0.00838. The van der Waals surface area contributed by atoms with Gasteiger partial charge >= 0.3 is 0 Å². The summed E-state index contributed by atoms with van der Waals surface area (Å²) in [5.41, 5.74) is 5.45. The molecule has 4 atom stereocenters. The number of aliphatic hydroxyl groups is 1. The zero-order valence-corrected chi connectivity index (χ0v) is 42.4. The lowest BCUT2D eigenvalue weighted by molar-refractivity contribution is -0.164. The van der Waals surface area contributed by atoms with E-state index in [9.17, 15) is 29.5 Å². The maximum Gasteiger partial charge on any atom is 0.251 e. The third kappa shape index (κ3) is 12.3. The molecule has 4 N–H and O–H groups in total. The number of ether oxygens (including phenoxy) is 2. The van der Waals surface area contributed by atoms with Crippen LogP contribution in [0.5, 0.6) is 5.75 Å². The van der Waals surface area contributed by atoms with Gasteiger partial charge < -0.3 is 35.4 Å². The predicted molar refractivity (Wildman–Crippen MR) is 265 cm³/mol. The van der Waals surface area contributed by atoms with Crippen LogP contribution in [0.4, 0.5) is 0 Å². The van der Waals surface area contributed by atoms with Crippen molar-refractivity contribution < 1.29 is 33.8 Å². The number of aryl methyl sites for hydroxylation is 2. The fourth-order valence-electron chi connectivity index (χ4n) is 9.90. The molecule has 2 heterocycles. The van der Waals surface area contributed by atoms with Crippen molar-refractivity contribution in [2.45, 2.75) is 137 Å². The Bertz CT molecular complexity index is 2440. The van der Waals surface area contributed by atoms with E-state index in [0.717, 1.165) is 59.4 Å². The van der Waals surface area contributed by atoms with Crippen LogP contribution in [0.3, 0.4) is 0 Å². The van der Waals surface area contributed by atoms with E-state index in [1.807, 2.05) is 88.7 Å². The number of nitrogens with one attached hydrogen (secondary N) is 3. The highest BCUT2D eigenvalue weighted by Crippen LogP contribution is 2.55. The van der Waals surface area contributed by atoms with Gasteiger partial charge in [-0.15, -0.1) is 11.3 Å². The van der Waals surface area contributed by atoms with Crippen LogP contribution in [-0.2, 0) is 25.5 Å². The van der Waals surface area contributed by atoms with Crippen molar-refractivity contribution in [3.8, 4) is 22.3 Å². The number of thiazole rings is 1. The molecule has 0 unspecified atom stereocenters. The fraction of sp³-hybridized carbons (Fsp3) is 0.509. The van der Waals surface area contributed by atoms with Crippen LogP contribution in [-0.4, -0.2) is 88.7 Å². The number of aliphatic hydroxyl groups excluding tert-OH is 1. The molecule has 4 amide bonds. The Morgan fingerprint density at radius 3 is 2.26 bits per heavy atom. The molecule has 0 bridgehead atoms. The quantitative estimate of drug-likeness (QED) is 0.0668. The van der Waals surface area contributed by atoms with E-state index in [4.69, 9.17) is 21.1 Å². The Balaban J connectivity index is 0.887. The van der Waals surface area contributed by atoms with Crippen molar-refractivity contribution in [1.29, 1.82) is 5.26 Å². The molecular formula is C53H67ClN6O7S. The first kappa shape index (κ1) is 52.0. The van der Waals surface area contributed by atoms with Gasteiger partial charge in [-0.1, -0.05) is 109 Å². The number of rotatable bonds is 19. The summed E-state index contributed by atoms with van der Waals surface area (Å²) in [6.45, 7) is 17.9. The van der Waals surface area contributed by atoms with Crippen LogP contribution in [0.2, 0.25) is 5.02 Å². The number of benzene rings is 3. The summed E-state index contributed by atoms with van der Waals surface area (Å²) in [5, 5.41) is 29.3. The van der Waals surface area contributed by atoms with E-state index in [1.165, 1.54) is 4.90 Å². The number of aromatic nitrogens is 1. The number of amides is 4. The number of likely N-dealkylation sites (tertiary alicyclic amines) is 1. The minimum atomic E-state index is -0.944. The van der Waals surface area contributed by atoms with E-state index < -0.39 is 35.4 Å². The van der Waals surface area contributed by atoms with Crippen LogP contribution < -0.4 is 20.7 Å². The van der Waals surface area contributed by atoms with Crippen molar-refractivity contribution in [1.82, 2.24) is 25.8 Å². The molecule has 3 aromatic carbocycles. The van der Waals surface area contributed by atoms with Crippen LogP contribution in [0.1, 0.15) is 126 Å². The molecule has 2 fully saturated rings. The highest BCUT2D eigenvalue weighted by molar-refractivity contribution is 7.13. The number of unbranched alkanes of at least 4 members (excludes halogenated alkanes) is 3. The van der Waals surface area contributed by atoms with Gasteiger partial charge in [0.1, 0.15) is 36.6 Å². The lowest BCUT2D eigenvalue weighted by atomic mass is 9.49. The van der Waals surface area contributed by atoms with Gasteiger partial charge in [0, 0.05) is 48.1 Å². The van der Waals surface area contributed by atoms with Gasteiger partial charge in [0.05, 0.1) is 38.8 Å². The molecule has 1 aliphatic heterocycles. The molecular weight excluding hydrogens is 900 g/mol. The Morgan fingerprint density at radius 1 is 0.971 bits per heavy atom. The number of nitrogens with zero attached hydrogens (tertiary/aromatic N) is 3. The Morgan fingerprint density at radius 2 is 1.65 bits per heavy atom. The highest BCUT2D eigenvalue weighted by atomic mass is 35.5. The van der Waals surface area contributed by atoms with Crippen LogP contribution in [0, 0.1) is 34.5 Å². The first-order valence-electron chi connectivity index (χ1n) is 23.5. The standard InChI is InChI=1S/C53H67ClN6O7S/c1-32(35-19-21-36(22-20-35)44-33(2)56-31-68-44)57-47(64)42-26-39(61)29-60(42)48(65)45(51(3,4)5)58-43(62)30-66-25-13-11-10-12-14-34-15-17-37(18-16-34)46(63)59-49-52(6,7)50(53(49,8)9)67-40-24-23-38(28-55)41(54)27-40/h15-24,27,31-32,39,42,45,49-50,61H,10-14,25-26,29-30H2,1-9H3,(H,57,64)(H,58,62)(H,59,63)/t32-,39+,42-,45+,49?,50?/m0/s1. The number of hydrogen-bond donors (Lipinski definition) is 4. The average Bonchev–Trinajstić information content (AvgIpc) is 3.91. The van der Waals surface area contributed by atoms with Gasteiger partial charge in [0.15, 0.2) is 0 Å². The summed E-state index contributed by atoms with van der Waals surface area (Å²) in [5.74, 6) is -0.762. The van der Waals surface area contributed by atoms with Gasteiger partial charge in [-0.25, -0.2) is 4.98 Å². The Hall–Kier alpha value is -5.33. The molecule has 0 radical (unpaired) electrons. The van der Waals surface area contributed by atoms with Gasteiger partial charge in [0.2, 0.25) is 17.7 Å². The molecule has 4 aromatic rings. The van der Waals surface area contributed by atoms with E-state index in [-0.39, 0.29) is 60.4 Å². The maximum atomic E-state index is 14.1. The monoisotopic (exact) mass is 966 g/mol. The number of nitriles is 1. The van der Waals surface area contributed by atoms with Gasteiger partial charge in [-0.05, 0) is 79.5 Å². The largest absolute Gasteiger partial charge is 0.489 e. The van der Waals surface area contributed by atoms with Crippen molar-refractivity contribution in [3.63, 3.8) is 0 Å². The molecule has 6 rings (SSSR count). The molecule has 1 aliphatic carbocycles. The summed E-state index contributed by atoms with van der Waals surface area (Å²) in [6.07, 6.45) is 3.52. The molecule has 1 saturated heterocycles. The third-order valence-corrected chi connectivity index (χ3v) is 14.7. The maximum absolute atomic E-state index is 14.1. The summed E-state index contributed by atoms with van der Waals surface area (Å²) in [4.78, 5) is 61.0. The van der Waals surface area contributed by atoms with Crippen molar-refractivity contribution in [3.05, 3.63) is 105 Å². The second kappa shape index (κ2) is 22.0. The number of halogens is 1. The van der Waals surface area contributed by atoms with E-state index >= 15 is 0 Å². The van der Waals surface area contributed by atoms with Crippen LogP contribution >= 0.6 is 22.9 Å². The number of hydrogen-bond acceptors (Lipinski definition) is 10. The van der Waals surface area contributed by atoms with Crippen molar-refractivity contribution in [2.24, 2.45) is 16.2 Å². The van der Waals surface area contributed by atoms with Gasteiger partial charge in [-0.3, -0.25) is 19.2 Å². The van der Waals surface area contributed by atoms with Gasteiger partial charge in [-0.2, -0.15) is 5.26 Å². The average molecular weight is 968 g/mol. The van der Waals surface area contributed by atoms with E-state index in [1.54, 1.807) is 29.5 Å². The summed E-state index contributed by atoms with van der Waals surface area (Å²) >= 11 is 7.82. The third-order valence-electron chi connectivity index (χ3n) is 13.4. The summed E-state index contributed by atoms with van der Waals surface area (Å²) in [7, 11) is 0. The normalized spacial score (nSPS) is 20.4. The SMILES string of the molecule is Cc1ncsc1-c1ccc([C@H](C)NC(=O)[C@@H]2C[C@@H](O)CN2C(=O)[C@@H](NC(=O)COCCCCCCc2ccc(C(=O)NC3C(C)(C)C(Oc4ccc(C#N)c(Cl)c4)C3(C)C)cc2)C(C)(C)C)cc1. The molecule has 68 heavy (non-hydrogen) atoms. The van der Waals surface area contributed by atoms with Crippen LogP contribution in [0.25, 0.3) is 10.4 Å². The first-order valence-corrected chi connectivity index (χ1v) is 24.8. The fourth-order valence-corrected chi connectivity index (χ4v) is 10.9. The predicted octanol–water partition coefficient (Wildman–Crippen LogP) is 8.75. The van der Waals surface area contributed by atoms with E-state index in [2.05, 4.69) is 54.7 Å². The van der Waals surface area contributed by atoms with Crippen LogP contribution in [0.15, 0.2) is 72.2 Å². The highest BCUT2D eigenvalue weighted by Gasteiger charge is 2.64. The second-order valence-corrected chi connectivity index (χ2v) is 21.9. The van der Waals surface area contributed by atoms with Crippen molar-refractivity contribution >= 4 is 46.6 Å². The zero-order valence-electron chi connectivity index (χ0n) is 40.8. The second-order valence-electron chi connectivity index (χ2n) is 20.6. The topological polar surface area (TPSA) is 183 Å². The Labute approximate surface area is 410 Å². The summed E-state index contributed by atoms with van der Waals surface area (Å²) in [6, 6.07) is 20.5. The number of carbonyl (C=O) groups is 4. The van der Waals surface area contributed by atoms with Gasteiger partial charge in [0.25, 0.3) is 5.91 Å². The lowest BCUT2D eigenvalue weighted by Crippen LogP contribution is -2.74. The minimum Gasteiger partial charge on any atom is -0.489 e. The lowest BCUT2D eigenvalue weighted by Gasteiger charge is -2.63. The summed E-state index contributed by atoms with van der Waals surface area (Å²) < 4.78 is 12.1. The van der Waals surface area contributed by atoms with Crippen molar-refractivity contribution in [2.75, 3.05) is 19.8 Å². The number of β-amino-alcohol motifs (C(OH)–C–C–N with tert-alkyl or cyclic N) is 1.